The first-order valence-corrected chi connectivity index (χ1v) is 9.91. The second-order valence-electron chi connectivity index (χ2n) is 7.61. The zero-order valence-electron chi connectivity index (χ0n) is 17.2. The molecule has 1 saturated carbocycles. The molecule has 1 aliphatic carbocycles. The lowest BCUT2D eigenvalue weighted by molar-refractivity contribution is -0.164. The van der Waals surface area contributed by atoms with E-state index in [2.05, 4.69) is 5.16 Å². The van der Waals surface area contributed by atoms with Gasteiger partial charge in [-0.3, -0.25) is 4.79 Å². The van der Waals surface area contributed by atoms with Gasteiger partial charge in [-0.25, -0.2) is 4.79 Å². The van der Waals surface area contributed by atoms with E-state index in [0.29, 0.717) is 35.6 Å². The molecule has 8 heteroatoms. The Morgan fingerprint density at radius 3 is 2.63 bits per heavy atom. The van der Waals surface area contributed by atoms with Crippen LogP contribution in [0.2, 0.25) is 0 Å². The summed E-state index contributed by atoms with van der Waals surface area (Å²) in [6.45, 7) is 5.67. The van der Waals surface area contributed by atoms with Crippen molar-refractivity contribution < 1.29 is 28.0 Å². The topological polar surface area (TPSA) is 118 Å². The standard InChI is InChI=1S/C22H24N2O6/c1-4-27-21(26)22(7-8-22)29-20(19-12(2)24-30-13(19)3)17-11-15-9-14(10-18(23)25)5-6-16(15)28-17/h5-6,9,11,20H,4,7-8,10H2,1-3H3,(H2,23,25). The molecular formula is C22H24N2O6. The average molecular weight is 412 g/mol. The number of hydrogen-bond donors (Lipinski definition) is 1. The molecule has 30 heavy (non-hydrogen) atoms. The number of nitrogens with two attached hydrogens (primary N) is 1. The number of aryl methyl sites for hydroxylation is 2. The molecule has 2 heterocycles. The van der Waals surface area contributed by atoms with Crippen LogP contribution in [0, 0.1) is 13.8 Å². The van der Waals surface area contributed by atoms with Crippen molar-refractivity contribution in [2.75, 3.05) is 6.61 Å². The Morgan fingerprint density at radius 2 is 2.03 bits per heavy atom. The predicted octanol–water partition coefficient (Wildman–Crippen LogP) is 3.27. The highest BCUT2D eigenvalue weighted by molar-refractivity contribution is 5.83. The van der Waals surface area contributed by atoms with Gasteiger partial charge in [0.25, 0.3) is 0 Å². The number of amides is 1. The van der Waals surface area contributed by atoms with E-state index >= 15 is 0 Å². The highest BCUT2D eigenvalue weighted by Gasteiger charge is 2.55. The van der Waals surface area contributed by atoms with E-state index in [1.165, 1.54) is 0 Å². The van der Waals surface area contributed by atoms with Crippen LogP contribution >= 0.6 is 0 Å². The molecule has 1 unspecified atom stereocenters. The highest BCUT2D eigenvalue weighted by Crippen LogP contribution is 2.47. The minimum Gasteiger partial charge on any atom is -0.464 e. The summed E-state index contributed by atoms with van der Waals surface area (Å²) in [6.07, 6.45) is 0.616. The summed E-state index contributed by atoms with van der Waals surface area (Å²) in [4.78, 5) is 23.7. The fourth-order valence-corrected chi connectivity index (χ4v) is 3.65. The van der Waals surface area contributed by atoms with Crippen molar-refractivity contribution in [3.63, 3.8) is 0 Å². The summed E-state index contributed by atoms with van der Waals surface area (Å²) in [5, 5.41) is 4.84. The normalized spacial score (nSPS) is 15.8. The summed E-state index contributed by atoms with van der Waals surface area (Å²) in [7, 11) is 0. The maximum absolute atomic E-state index is 12.5. The van der Waals surface area contributed by atoms with Crippen molar-refractivity contribution in [1.29, 1.82) is 0 Å². The van der Waals surface area contributed by atoms with E-state index in [1.54, 1.807) is 26.0 Å². The smallest absolute Gasteiger partial charge is 0.338 e. The SMILES string of the molecule is CCOC(=O)C1(OC(c2cc3cc(CC(N)=O)ccc3o2)c2c(C)noc2C)CC1. The number of benzene rings is 1. The molecule has 0 aliphatic heterocycles. The molecule has 1 aromatic carbocycles. The van der Waals surface area contributed by atoms with Crippen LogP contribution in [0.15, 0.2) is 33.2 Å². The highest BCUT2D eigenvalue weighted by atomic mass is 16.6. The fourth-order valence-electron chi connectivity index (χ4n) is 3.65. The fraction of sp³-hybridized carbons (Fsp3) is 0.409. The number of furan rings is 1. The van der Waals surface area contributed by atoms with Crippen LogP contribution in [-0.2, 0) is 25.5 Å². The van der Waals surface area contributed by atoms with E-state index in [-0.39, 0.29) is 19.0 Å². The lowest BCUT2D eigenvalue weighted by Gasteiger charge is -2.22. The van der Waals surface area contributed by atoms with Crippen LogP contribution < -0.4 is 5.73 Å². The number of carbonyl (C=O) groups is 2. The third-order valence-corrected chi connectivity index (χ3v) is 5.28. The Morgan fingerprint density at radius 1 is 1.27 bits per heavy atom. The van der Waals surface area contributed by atoms with Crippen LogP contribution in [-0.4, -0.2) is 29.2 Å². The Balaban J connectivity index is 1.74. The largest absolute Gasteiger partial charge is 0.464 e. The van der Waals surface area contributed by atoms with Crippen molar-refractivity contribution in [2.24, 2.45) is 5.73 Å². The Kier molecular flexibility index (Phi) is 5.11. The predicted molar refractivity (Wildman–Crippen MR) is 107 cm³/mol. The maximum atomic E-state index is 12.5. The molecule has 0 saturated heterocycles. The molecule has 0 spiro atoms. The molecule has 1 atom stereocenters. The molecule has 3 aromatic rings. The van der Waals surface area contributed by atoms with Gasteiger partial charge < -0.3 is 24.1 Å². The van der Waals surface area contributed by atoms with E-state index < -0.39 is 17.6 Å². The van der Waals surface area contributed by atoms with Crippen molar-refractivity contribution in [2.45, 2.75) is 51.7 Å². The molecular weight excluding hydrogens is 388 g/mol. The third kappa shape index (κ3) is 3.70. The summed E-state index contributed by atoms with van der Waals surface area (Å²) in [5.74, 6) is 0.333. The van der Waals surface area contributed by atoms with Gasteiger partial charge >= 0.3 is 5.97 Å². The van der Waals surface area contributed by atoms with Gasteiger partial charge in [0, 0.05) is 5.39 Å². The number of carbonyl (C=O) groups excluding carboxylic acids is 2. The lowest BCUT2D eigenvalue weighted by Crippen LogP contribution is -2.31. The molecule has 4 rings (SSSR count). The van der Waals surface area contributed by atoms with Gasteiger partial charge in [-0.05, 0) is 57.4 Å². The summed E-state index contributed by atoms with van der Waals surface area (Å²) in [5.41, 5.74) is 7.13. The van der Waals surface area contributed by atoms with E-state index in [4.69, 9.17) is 24.1 Å². The van der Waals surface area contributed by atoms with Crippen molar-refractivity contribution in [3.8, 4) is 0 Å². The van der Waals surface area contributed by atoms with Gasteiger partial charge in [-0.2, -0.15) is 0 Å². The number of primary amides is 1. The Hall–Kier alpha value is -3.13. The maximum Gasteiger partial charge on any atom is 0.338 e. The van der Waals surface area contributed by atoms with Crippen LogP contribution in [0.25, 0.3) is 11.0 Å². The molecule has 1 aliphatic rings. The van der Waals surface area contributed by atoms with Gasteiger partial charge in [0.05, 0.1) is 24.3 Å². The average Bonchev–Trinajstić information content (AvgIpc) is 3.24. The zero-order chi connectivity index (χ0) is 21.5. The number of rotatable bonds is 8. The molecule has 0 bridgehead atoms. The molecule has 8 nitrogen and oxygen atoms in total. The molecule has 2 aromatic heterocycles. The minimum atomic E-state index is -0.993. The summed E-state index contributed by atoms with van der Waals surface area (Å²) >= 11 is 0. The molecule has 1 fully saturated rings. The first-order chi connectivity index (χ1) is 14.3. The van der Waals surface area contributed by atoms with Gasteiger partial charge in [-0.15, -0.1) is 0 Å². The number of fused-ring (bicyclic) bond motifs is 1. The number of ether oxygens (including phenoxy) is 2. The molecule has 0 radical (unpaired) electrons. The van der Waals surface area contributed by atoms with Crippen LogP contribution in [0.3, 0.4) is 0 Å². The van der Waals surface area contributed by atoms with Crippen LogP contribution in [0.1, 0.15) is 54.2 Å². The second kappa shape index (κ2) is 7.60. The van der Waals surface area contributed by atoms with Crippen molar-refractivity contribution in [3.05, 3.63) is 52.6 Å². The first-order valence-electron chi connectivity index (χ1n) is 9.91. The number of aromatic nitrogens is 1. The zero-order valence-corrected chi connectivity index (χ0v) is 17.2. The summed E-state index contributed by atoms with van der Waals surface area (Å²) < 4.78 is 23.0. The first kappa shape index (κ1) is 20.2. The second-order valence-corrected chi connectivity index (χ2v) is 7.61. The van der Waals surface area contributed by atoms with Gasteiger partial charge in [0.15, 0.2) is 5.60 Å². The van der Waals surface area contributed by atoms with Gasteiger partial charge in [0.2, 0.25) is 5.91 Å². The summed E-state index contributed by atoms with van der Waals surface area (Å²) in [6, 6.07) is 7.29. The van der Waals surface area contributed by atoms with Crippen LogP contribution in [0.5, 0.6) is 0 Å². The molecule has 1 amide bonds. The number of esters is 1. The molecule has 2 N–H and O–H groups in total. The van der Waals surface area contributed by atoms with Gasteiger partial charge in [0.1, 0.15) is 23.2 Å². The Bertz CT molecular complexity index is 1090. The number of nitrogens with zero attached hydrogens (tertiary/aromatic N) is 1. The Labute approximate surface area is 173 Å². The monoisotopic (exact) mass is 412 g/mol. The number of hydrogen-bond acceptors (Lipinski definition) is 7. The van der Waals surface area contributed by atoms with E-state index in [0.717, 1.165) is 16.5 Å². The van der Waals surface area contributed by atoms with E-state index in [9.17, 15) is 9.59 Å². The minimum absolute atomic E-state index is 0.145. The third-order valence-electron chi connectivity index (χ3n) is 5.28. The molecule has 158 valence electrons. The van der Waals surface area contributed by atoms with Gasteiger partial charge in [-0.1, -0.05) is 11.2 Å². The lowest BCUT2D eigenvalue weighted by atomic mass is 10.0. The van der Waals surface area contributed by atoms with Crippen molar-refractivity contribution in [1.82, 2.24) is 5.16 Å². The van der Waals surface area contributed by atoms with Crippen LogP contribution in [0.4, 0.5) is 0 Å². The van der Waals surface area contributed by atoms with E-state index in [1.807, 2.05) is 19.1 Å². The van der Waals surface area contributed by atoms with Crippen molar-refractivity contribution >= 4 is 22.8 Å². The quantitative estimate of drug-likeness (QED) is 0.564.